The van der Waals surface area contributed by atoms with Crippen LogP contribution in [0.5, 0.6) is 0 Å². The van der Waals surface area contributed by atoms with Gasteiger partial charge in [-0.05, 0) is 43.9 Å². The largest absolute Gasteiger partial charge is 0.396 e. The van der Waals surface area contributed by atoms with Gasteiger partial charge >= 0.3 is 0 Å². The molecule has 0 saturated carbocycles. The Labute approximate surface area is 119 Å². The highest BCUT2D eigenvalue weighted by Gasteiger charge is 2.18. The van der Waals surface area contributed by atoms with Crippen LogP contribution in [0, 0.1) is 12.7 Å². The standard InChI is InChI=1S/C13H21FN2O3S/c1-10-8-11(14)12(15)9-13(10)20(17,18)16-6-4-3-5-7-19-2/h8-9,16H,3-7,15H2,1-2H3. The number of benzene rings is 1. The normalized spacial score (nSPS) is 11.8. The van der Waals surface area contributed by atoms with Crippen molar-refractivity contribution in [2.75, 3.05) is 26.0 Å². The topological polar surface area (TPSA) is 81.4 Å². The highest BCUT2D eigenvalue weighted by atomic mass is 32.2. The van der Waals surface area contributed by atoms with Crippen molar-refractivity contribution in [2.45, 2.75) is 31.1 Å². The summed E-state index contributed by atoms with van der Waals surface area (Å²) in [7, 11) is -2.02. The molecule has 0 bridgehead atoms. The van der Waals surface area contributed by atoms with Gasteiger partial charge in [0.15, 0.2) is 0 Å². The Morgan fingerprint density at radius 3 is 2.65 bits per heavy atom. The summed E-state index contributed by atoms with van der Waals surface area (Å²) >= 11 is 0. The third-order valence-corrected chi connectivity index (χ3v) is 4.50. The van der Waals surface area contributed by atoms with E-state index < -0.39 is 15.8 Å². The van der Waals surface area contributed by atoms with Crippen LogP contribution in [0.2, 0.25) is 0 Å². The molecule has 0 aromatic heterocycles. The van der Waals surface area contributed by atoms with E-state index in [1.54, 1.807) is 7.11 Å². The van der Waals surface area contributed by atoms with Crippen LogP contribution in [0.25, 0.3) is 0 Å². The number of nitrogens with one attached hydrogen (secondary N) is 1. The van der Waals surface area contributed by atoms with E-state index in [9.17, 15) is 12.8 Å². The Morgan fingerprint density at radius 2 is 2.00 bits per heavy atom. The second-order valence-corrected chi connectivity index (χ2v) is 6.33. The molecule has 5 nitrogen and oxygen atoms in total. The minimum atomic E-state index is -3.65. The first-order chi connectivity index (χ1) is 9.38. The predicted molar refractivity (Wildman–Crippen MR) is 76.5 cm³/mol. The van der Waals surface area contributed by atoms with E-state index in [4.69, 9.17) is 10.5 Å². The fourth-order valence-electron chi connectivity index (χ4n) is 1.79. The number of sulfonamides is 1. The zero-order valence-electron chi connectivity index (χ0n) is 11.8. The van der Waals surface area contributed by atoms with E-state index in [1.807, 2.05) is 0 Å². The van der Waals surface area contributed by atoms with Crippen molar-refractivity contribution in [1.82, 2.24) is 4.72 Å². The number of anilines is 1. The summed E-state index contributed by atoms with van der Waals surface area (Å²) in [6, 6.07) is 2.28. The van der Waals surface area contributed by atoms with Crippen LogP contribution in [-0.4, -0.2) is 28.7 Å². The Hall–Kier alpha value is -1.18. The van der Waals surface area contributed by atoms with Crippen LogP contribution in [0.1, 0.15) is 24.8 Å². The van der Waals surface area contributed by atoms with Crippen molar-refractivity contribution >= 4 is 15.7 Å². The number of halogens is 1. The third-order valence-electron chi connectivity index (χ3n) is 2.90. The first-order valence-corrected chi connectivity index (χ1v) is 7.91. The van der Waals surface area contributed by atoms with Crippen LogP contribution in [-0.2, 0) is 14.8 Å². The number of aryl methyl sites for hydroxylation is 1. The van der Waals surface area contributed by atoms with E-state index in [0.29, 0.717) is 18.7 Å². The monoisotopic (exact) mass is 304 g/mol. The van der Waals surface area contributed by atoms with Gasteiger partial charge in [-0.2, -0.15) is 0 Å². The zero-order valence-corrected chi connectivity index (χ0v) is 12.6. The summed E-state index contributed by atoms with van der Waals surface area (Å²) < 4.78 is 44.8. The van der Waals surface area contributed by atoms with E-state index in [1.165, 1.54) is 6.92 Å². The zero-order chi connectivity index (χ0) is 15.2. The number of hydrogen-bond donors (Lipinski definition) is 2. The number of hydrogen-bond acceptors (Lipinski definition) is 4. The number of methoxy groups -OCH3 is 1. The van der Waals surface area contributed by atoms with E-state index in [2.05, 4.69) is 4.72 Å². The van der Waals surface area contributed by atoms with E-state index in [0.717, 1.165) is 31.4 Å². The van der Waals surface area contributed by atoms with Crippen LogP contribution >= 0.6 is 0 Å². The number of ether oxygens (including phenoxy) is 1. The van der Waals surface area contributed by atoms with Gasteiger partial charge in [-0.1, -0.05) is 0 Å². The molecule has 0 spiro atoms. The number of nitrogen functional groups attached to an aromatic ring is 1. The summed E-state index contributed by atoms with van der Waals surface area (Å²) in [5.74, 6) is -0.610. The third kappa shape index (κ3) is 4.73. The maximum Gasteiger partial charge on any atom is 0.240 e. The maximum absolute atomic E-state index is 13.2. The van der Waals surface area contributed by atoms with Crippen LogP contribution in [0.4, 0.5) is 10.1 Å². The van der Waals surface area contributed by atoms with Crippen molar-refractivity contribution in [1.29, 1.82) is 0 Å². The summed E-state index contributed by atoms with van der Waals surface area (Å²) in [5.41, 5.74) is 5.58. The smallest absolute Gasteiger partial charge is 0.240 e. The van der Waals surface area contributed by atoms with Gasteiger partial charge < -0.3 is 10.5 Å². The molecule has 20 heavy (non-hydrogen) atoms. The molecule has 0 atom stereocenters. The lowest BCUT2D eigenvalue weighted by molar-refractivity contribution is 0.192. The molecule has 0 unspecified atom stereocenters. The van der Waals surface area contributed by atoms with E-state index >= 15 is 0 Å². The molecule has 114 valence electrons. The van der Waals surface area contributed by atoms with Gasteiger partial charge in [0.25, 0.3) is 0 Å². The lowest BCUT2D eigenvalue weighted by Crippen LogP contribution is -2.25. The molecule has 1 aromatic carbocycles. The summed E-state index contributed by atoms with van der Waals surface area (Å²) in [6.45, 7) is 2.54. The highest BCUT2D eigenvalue weighted by molar-refractivity contribution is 7.89. The first-order valence-electron chi connectivity index (χ1n) is 6.42. The minimum absolute atomic E-state index is 0.0216. The molecule has 0 aliphatic heterocycles. The van der Waals surface area contributed by atoms with Gasteiger partial charge in [0.2, 0.25) is 10.0 Å². The SMILES string of the molecule is COCCCCCNS(=O)(=O)c1cc(N)c(F)cc1C. The van der Waals surface area contributed by atoms with Crippen molar-refractivity contribution in [3.63, 3.8) is 0 Å². The van der Waals surface area contributed by atoms with Gasteiger partial charge in [-0.25, -0.2) is 17.5 Å². The van der Waals surface area contributed by atoms with Gasteiger partial charge in [-0.15, -0.1) is 0 Å². The quantitative estimate of drug-likeness (QED) is 0.567. The number of rotatable bonds is 8. The number of nitrogens with two attached hydrogens (primary N) is 1. The number of unbranched alkanes of at least 4 members (excludes halogenated alkanes) is 2. The Balaban J connectivity index is 2.63. The second-order valence-electron chi connectivity index (χ2n) is 4.59. The summed E-state index contributed by atoms with van der Waals surface area (Å²) in [6.07, 6.45) is 2.49. The molecule has 0 amide bonds. The summed E-state index contributed by atoms with van der Waals surface area (Å²) in [5, 5.41) is 0. The van der Waals surface area contributed by atoms with Gasteiger partial charge in [0.05, 0.1) is 10.6 Å². The molecule has 3 N–H and O–H groups in total. The molecule has 0 radical (unpaired) electrons. The second kappa shape index (κ2) is 7.56. The summed E-state index contributed by atoms with van der Waals surface area (Å²) in [4.78, 5) is 0.0216. The minimum Gasteiger partial charge on any atom is -0.396 e. The fourth-order valence-corrected chi connectivity index (χ4v) is 3.12. The molecule has 0 saturated heterocycles. The van der Waals surface area contributed by atoms with Crippen molar-refractivity contribution < 1.29 is 17.5 Å². The van der Waals surface area contributed by atoms with Crippen LogP contribution in [0.15, 0.2) is 17.0 Å². The van der Waals surface area contributed by atoms with Crippen molar-refractivity contribution in [3.8, 4) is 0 Å². The Kier molecular flexibility index (Phi) is 6.38. The lowest BCUT2D eigenvalue weighted by atomic mass is 10.2. The van der Waals surface area contributed by atoms with Crippen molar-refractivity contribution in [3.05, 3.63) is 23.5 Å². The van der Waals surface area contributed by atoms with Crippen LogP contribution in [0.3, 0.4) is 0 Å². The molecule has 1 rings (SSSR count). The van der Waals surface area contributed by atoms with E-state index in [-0.39, 0.29) is 10.6 Å². The molecule has 0 fully saturated rings. The molecule has 0 aliphatic rings. The molecule has 7 heteroatoms. The average Bonchev–Trinajstić information content (AvgIpc) is 2.37. The maximum atomic E-state index is 13.2. The first kappa shape index (κ1) is 16.9. The predicted octanol–water partition coefficient (Wildman–Crippen LogP) is 1.81. The Bertz CT molecular complexity index is 547. The van der Waals surface area contributed by atoms with Gasteiger partial charge in [0.1, 0.15) is 5.82 Å². The molecule has 0 heterocycles. The highest BCUT2D eigenvalue weighted by Crippen LogP contribution is 2.21. The molecule has 1 aromatic rings. The lowest BCUT2D eigenvalue weighted by Gasteiger charge is -2.10. The van der Waals surface area contributed by atoms with Crippen molar-refractivity contribution in [2.24, 2.45) is 0 Å². The van der Waals surface area contributed by atoms with Gasteiger partial charge in [0, 0.05) is 20.3 Å². The van der Waals surface area contributed by atoms with Gasteiger partial charge in [-0.3, -0.25) is 0 Å². The molecule has 0 aliphatic carbocycles. The Morgan fingerprint density at radius 1 is 1.30 bits per heavy atom. The molecular weight excluding hydrogens is 283 g/mol. The molecular formula is C13H21FN2O3S. The van der Waals surface area contributed by atoms with Crippen LogP contribution < -0.4 is 10.5 Å². The fraction of sp³-hybridized carbons (Fsp3) is 0.538. The average molecular weight is 304 g/mol.